The van der Waals surface area contributed by atoms with E-state index in [-0.39, 0.29) is 5.41 Å². The van der Waals surface area contributed by atoms with E-state index in [2.05, 4.69) is 509 Å². The summed E-state index contributed by atoms with van der Waals surface area (Å²) in [4.78, 5) is 4.73. The lowest BCUT2D eigenvalue weighted by Gasteiger charge is -2.34. The maximum Gasteiger partial charge on any atom is 0.143 e. The molecule has 25 rings (SSSR count). The topological polar surface area (TPSA) is 19.6 Å². The summed E-state index contributed by atoms with van der Waals surface area (Å²) in [6, 6.07) is 178. The minimum atomic E-state index is -0.498. The largest absolute Gasteiger partial charge is 0.455 e. The number of fused-ring (bicyclic) bond motifs is 15. The summed E-state index contributed by atoms with van der Waals surface area (Å²) in [5.41, 5.74) is 39.9. The molecule has 2 aromatic heterocycles. The highest BCUT2D eigenvalue weighted by molar-refractivity contribution is 7.26. The van der Waals surface area contributed by atoms with Crippen LogP contribution in [0.5, 0.6) is 0 Å². The molecule has 0 N–H and O–H groups in total. The van der Waals surface area contributed by atoms with E-state index in [4.69, 9.17) is 4.42 Å². The highest BCUT2D eigenvalue weighted by Crippen LogP contribution is 2.60. The number of hydrogen-bond acceptors (Lipinski definition) is 4. The lowest BCUT2D eigenvalue weighted by molar-refractivity contribution is 0.660. The van der Waals surface area contributed by atoms with Crippen LogP contribution >= 0.6 is 11.3 Å². The van der Waals surface area contributed by atoms with Crippen LogP contribution in [0.1, 0.15) is 69.5 Å². The molecule has 0 aliphatic heterocycles. The van der Waals surface area contributed by atoms with E-state index in [0.717, 1.165) is 78.3 Å². The minimum absolute atomic E-state index is 0.134. The Labute approximate surface area is 756 Å². The van der Waals surface area contributed by atoms with Gasteiger partial charge in [0, 0.05) is 81.6 Å². The minimum Gasteiger partial charge on any atom is -0.455 e. The molecule has 22 aromatic rings. The third-order valence-electron chi connectivity index (χ3n) is 27.5. The molecule has 0 spiro atoms. The zero-order valence-corrected chi connectivity index (χ0v) is 72.2. The Hall–Kier alpha value is -16.0. The van der Waals surface area contributed by atoms with Crippen molar-refractivity contribution in [3.63, 3.8) is 0 Å². The first-order valence-electron chi connectivity index (χ1n) is 44.7. The monoisotopic (exact) mass is 1660 g/mol. The average molecular weight is 1660 g/mol. The Bertz CT molecular complexity index is 7910. The molecule has 0 radical (unpaired) electrons. The lowest BCUT2D eigenvalue weighted by Crippen LogP contribution is -2.28. The van der Waals surface area contributed by atoms with Gasteiger partial charge in [-0.15, -0.1) is 11.3 Å². The number of rotatable bonds is 15. The molecule has 0 bridgehead atoms. The van der Waals surface area contributed by atoms with E-state index >= 15 is 0 Å². The van der Waals surface area contributed by atoms with E-state index in [9.17, 15) is 0 Å². The first kappa shape index (κ1) is 76.7. The normalized spacial score (nSPS) is 13.2. The molecule has 0 saturated heterocycles. The van der Waals surface area contributed by atoms with Gasteiger partial charge in [-0.1, -0.05) is 378 Å². The van der Waals surface area contributed by atoms with Crippen LogP contribution in [0, 0.1) is 0 Å². The predicted octanol–water partition coefficient (Wildman–Crippen LogP) is 33.9. The molecule has 0 unspecified atom stereocenters. The molecule has 2 heterocycles. The number of benzene rings is 20. The quantitative estimate of drug-likeness (QED) is 0.102. The zero-order chi connectivity index (χ0) is 85.7. The molecule has 0 fully saturated rings. The van der Waals surface area contributed by atoms with Crippen molar-refractivity contribution in [3.8, 4) is 89.0 Å². The Morgan fingerprint density at radius 1 is 0.202 bits per heavy atom. The molecule has 0 amide bonds. The van der Waals surface area contributed by atoms with E-state index in [1.807, 2.05) is 11.3 Å². The van der Waals surface area contributed by atoms with Crippen LogP contribution in [0.2, 0.25) is 0 Å². The Balaban J connectivity index is 0.000000147. The number of nitrogens with zero attached hydrogens (tertiary/aromatic N) is 2. The fraction of sp³-hybridized carbons (Fsp3) is 0.0400. The molecule has 4 heteroatoms. The van der Waals surface area contributed by atoms with Gasteiger partial charge in [-0.05, 0) is 255 Å². The van der Waals surface area contributed by atoms with E-state index in [1.54, 1.807) is 0 Å². The van der Waals surface area contributed by atoms with Crippen LogP contribution in [0.3, 0.4) is 0 Å². The van der Waals surface area contributed by atoms with Crippen molar-refractivity contribution in [2.45, 2.75) is 30.1 Å². The van der Waals surface area contributed by atoms with Gasteiger partial charge in [0.25, 0.3) is 0 Å². The number of hydrogen-bond donors (Lipinski definition) is 0. The summed E-state index contributed by atoms with van der Waals surface area (Å²) in [7, 11) is 0. The summed E-state index contributed by atoms with van der Waals surface area (Å²) in [6.07, 6.45) is 0. The van der Waals surface area contributed by atoms with Crippen molar-refractivity contribution in [1.82, 2.24) is 0 Å². The van der Waals surface area contributed by atoms with Crippen LogP contribution < -0.4 is 9.80 Å². The molecule has 20 aromatic carbocycles. The fourth-order valence-electron chi connectivity index (χ4n) is 21.6. The Morgan fingerprint density at radius 2 is 0.543 bits per heavy atom. The summed E-state index contributed by atoms with van der Waals surface area (Å²) < 4.78 is 9.45. The maximum atomic E-state index is 6.84. The molecule has 3 aliphatic carbocycles. The van der Waals surface area contributed by atoms with Crippen LogP contribution in [-0.2, 0) is 16.2 Å². The van der Waals surface area contributed by atoms with Crippen LogP contribution in [0.4, 0.5) is 34.1 Å². The molecular formula is C125H86N2OS. The van der Waals surface area contributed by atoms with Crippen molar-refractivity contribution in [2.24, 2.45) is 0 Å². The highest BCUT2D eigenvalue weighted by atomic mass is 32.1. The van der Waals surface area contributed by atoms with Gasteiger partial charge < -0.3 is 14.2 Å². The second kappa shape index (κ2) is 31.3. The van der Waals surface area contributed by atoms with E-state index in [1.165, 1.54) is 143 Å². The summed E-state index contributed by atoms with van der Waals surface area (Å²) in [6.45, 7) is 4.71. The summed E-state index contributed by atoms with van der Waals surface area (Å²) in [5.74, 6) is 0. The SMILES string of the molecule is CC1(C)c2ccccc2-c2ccc(N(c3ccc(-c4ccccc4)cc3)c3ccc(-c4cc(-c5ccc6c(c5)C(c5ccccc5)(c5ccccc5)c5ccccc5-6)cc5c4oc4ccccc45)cc3)cc21.c1ccc(N(c2ccccc2)c2ccc(-c3cc(-c4ccc5c(c4)C(c4ccccc4)(c4ccccc4)c4ccccc4-5)cc4c3sc3ccccc34)cc2)cc1. The third-order valence-corrected chi connectivity index (χ3v) is 28.7. The third kappa shape index (κ3) is 12.6. The molecule has 608 valence electrons. The smallest absolute Gasteiger partial charge is 0.143 e. The van der Waals surface area contributed by atoms with E-state index in [0.29, 0.717) is 0 Å². The molecule has 3 aliphatic rings. The van der Waals surface area contributed by atoms with Gasteiger partial charge in [0.05, 0.1) is 10.8 Å². The van der Waals surface area contributed by atoms with Crippen molar-refractivity contribution in [2.75, 3.05) is 9.80 Å². The molecular weight excluding hydrogens is 1580 g/mol. The lowest BCUT2D eigenvalue weighted by atomic mass is 9.67. The fourth-order valence-corrected chi connectivity index (χ4v) is 22.8. The van der Waals surface area contributed by atoms with Crippen molar-refractivity contribution < 1.29 is 4.42 Å². The number of anilines is 6. The van der Waals surface area contributed by atoms with Gasteiger partial charge in [-0.3, -0.25) is 0 Å². The molecule has 129 heavy (non-hydrogen) atoms. The molecule has 0 saturated carbocycles. The van der Waals surface area contributed by atoms with E-state index < -0.39 is 10.8 Å². The first-order valence-corrected chi connectivity index (χ1v) is 45.5. The summed E-state index contributed by atoms with van der Waals surface area (Å²) >= 11 is 1.89. The Kier molecular flexibility index (Phi) is 18.6. The number of thiophene rings is 1. The zero-order valence-electron chi connectivity index (χ0n) is 71.4. The Morgan fingerprint density at radius 3 is 1.05 bits per heavy atom. The standard InChI is InChI=1S/C70H49NO.C55H37NS/c1-69(2)63-27-15-12-24-56(63)58-41-39-55(45-65(58)69)71(53-35-30-47(31-36-53)46-18-6-3-7-19-46)54-37-32-48(33-38-54)61-42-50(43-62-60-26-14-17-29-67(60)72-68(61)62)49-34-40-59-57-25-13-16-28-64(57)70(66(59)44-49,51-20-8-4-9-21-51)52-22-10-5-11-23-52;1-5-17-41(18-6-1)55(42-19-7-2-8-20-42)51-27-15-13-25-46(51)47-34-31-39(37-52(47)55)40-35-49(54-50(36-40)48-26-14-16-28-53(48)57-54)38-29-32-45(33-30-38)56(43-21-9-3-10-22-43)44-23-11-4-12-24-44/h3-45H,1-2H3;1-37H. The highest BCUT2D eigenvalue weighted by Gasteiger charge is 2.48. The number of para-hydroxylation sites is 3. The van der Waals surface area contributed by atoms with Crippen molar-refractivity contribution >= 4 is 87.6 Å². The summed E-state index contributed by atoms with van der Waals surface area (Å²) in [5, 5.41) is 4.80. The predicted molar refractivity (Wildman–Crippen MR) is 542 cm³/mol. The average Bonchev–Trinajstić information content (AvgIpc) is 1.54. The van der Waals surface area contributed by atoms with Gasteiger partial charge in [0.2, 0.25) is 0 Å². The first-order chi connectivity index (χ1) is 63.7. The van der Waals surface area contributed by atoms with Gasteiger partial charge in [0.1, 0.15) is 11.2 Å². The maximum absolute atomic E-state index is 6.84. The number of furan rings is 1. The van der Waals surface area contributed by atoms with Crippen molar-refractivity contribution in [1.29, 1.82) is 0 Å². The van der Waals surface area contributed by atoms with Crippen LogP contribution in [0.25, 0.3) is 131 Å². The van der Waals surface area contributed by atoms with Gasteiger partial charge >= 0.3 is 0 Å². The van der Waals surface area contributed by atoms with Crippen LogP contribution in [0.15, 0.2) is 490 Å². The van der Waals surface area contributed by atoms with Gasteiger partial charge in [-0.25, -0.2) is 0 Å². The van der Waals surface area contributed by atoms with Crippen LogP contribution in [-0.4, -0.2) is 0 Å². The van der Waals surface area contributed by atoms with Gasteiger partial charge in [0.15, 0.2) is 0 Å². The second-order valence-corrected chi connectivity index (χ2v) is 35.9. The molecule has 3 nitrogen and oxygen atoms in total. The van der Waals surface area contributed by atoms with Crippen molar-refractivity contribution in [3.05, 3.63) is 541 Å². The van der Waals surface area contributed by atoms with Gasteiger partial charge in [-0.2, -0.15) is 0 Å². The molecule has 0 atom stereocenters. The second-order valence-electron chi connectivity index (χ2n) is 34.8.